The molecule has 0 bridgehead atoms. The van der Waals surface area contributed by atoms with E-state index in [0.29, 0.717) is 55.7 Å². The molecule has 4 rings (SSSR count). The molecule has 6 nitrogen and oxygen atoms in total. The lowest BCUT2D eigenvalue weighted by Gasteiger charge is -2.40. The Kier molecular flexibility index (Phi) is 6.01. The Morgan fingerprint density at radius 1 is 1.18 bits per heavy atom. The number of hydrogen-bond donors (Lipinski definition) is 1. The van der Waals surface area contributed by atoms with Crippen LogP contribution < -0.4 is 15.0 Å². The zero-order valence-electron chi connectivity index (χ0n) is 16.4. The SMILES string of the molecule is C[C@H]1CCCC[C@H]1NC(=S)N1C[C@H](C(=O)N2CCOCC2)Oc2ccccc21. The molecule has 1 aromatic rings. The fraction of sp³-hybridized carbons (Fsp3) is 0.619. The molecule has 152 valence electrons. The molecule has 2 aliphatic heterocycles. The second-order valence-corrected chi connectivity index (χ2v) is 8.33. The summed E-state index contributed by atoms with van der Waals surface area (Å²) in [6.45, 7) is 5.11. The average Bonchev–Trinajstić information content (AvgIpc) is 2.74. The summed E-state index contributed by atoms with van der Waals surface area (Å²) in [6, 6.07) is 8.21. The Hall–Kier alpha value is -1.86. The third-order valence-electron chi connectivity index (χ3n) is 6.04. The largest absolute Gasteiger partial charge is 0.476 e. The van der Waals surface area contributed by atoms with E-state index in [1.165, 1.54) is 19.3 Å². The smallest absolute Gasteiger partial charge is 0.265 e. The van der Waals surface area contributed by atoms with Crippen LogP contribution in [0.1, 0.15) is 32.6 Å². The number of rotatable bonds is 2. The van der Waals surface area contributed by atoms with Crippen LogP contribution in [0.15, 0.2) is 24.3 Å². The third-order valence-corrected chi connectivity index (χ3v) is 6.38. The number of nitrogens with zero attached hydrogens (tertiary/aromatic N) is 2. The van der Waals surface area contributed by atoms with Crippen molar-refractivity contribution in [3.8, 4) is 5.75 Å². The third kappa shape index (κ3) is 4.10. The van der Waals surface area contributed by atoms with E-state index in [1.54, 1.807) is 0 Å². The molecule has 1 amide bonds. The van der Waals surface area contributed by atoms with E-state index in [-0.39, 0.29) is 5.91 Å². The van der Waals surface area contributed by atoms with Gasteiger partial charge in [-0.25, -0.2) is 0 Å². The molecule has 0 unspecified atom stereocenters. The molecule has 2 fully saturated rings. The Bertz CT molecular complexity index is 723. The molecule has 0 aromatic heterocycles. The van der Waals surface area contributed by atoms with Crippen LogP contribution in [-0.4, -0.2) is 60.9 Å². The highest BCUT2D eigenvalue weighted by Crippen LogP contribution is 2.34. The summed E-state index contributed by atoms with van der Waals surface area (Å²) < 4.78 is 11.4. The van der Waals surface area contributed by atoms with Gasteiger partial charge in [-0.05, 0) is 43.1 Å². The zero-order valence-corrected chi connectivity index (χ0v) is 17.2. The number of morpholine rings is 1. The Labute approximate surface area is 172 Å². The van der Waals surface area contributed by atoms with E-state index in [9.17, 15) is 4.79 Å². The normalized spacial score (nSPS) is 27.5. The number of hydrogen-bond acceptors (Lipinski definition) is 4. The maximum atomic E-state index is 13.0. The van der Waals surface area contributed by atoms with E-state index in [2.05, 4.69) is 12.2 Å². The van der Waals surface area contributed by atoms with Gasteiger partial charge in [-0.1, -0.05) is 31.9 Å². The second kappa shape index (κ2) is 8.66. The number of thiocarbonyl (C=S) groups is 1. The molecule has 1 aromatic carbocycles. The van der Waals surface area contributed by atoms with E-state index in [0.717, 1.165) is 12.1 Å². The van der Waals surface area contributed by atoms with E-state index >= 15 is 0 Å². The Morgan fingerprint density at radius 3 is 2.71 bits per heavy atom. The fourth-order valence-corrected chi connectivity index (χ4v) is 4.63. The van der Waals surface area contributed by atoms with Gasteiger partial charge < -0.3 is 24.6 Å². The molecule has 1 aliphatic carbocycles. The van der Waals surface area contributed by atoms with Crippen LogP contribution in [0, 0.1) is 5.92 Å². The average molecular weight is 404 g/mol. The quantitative estimate of drug-likeness (QED) is 0.766. The number of anilines is 1. The van der Waals surface area contributed by atoms with Crippen LogP contribution in [-0.2, 0) is 9.53 Å². The maximum Gasteiger partial charge on any atom is 0.265 e. The number of nitrogens with one attached hydrogen (secondary N) is 1. The molecule has 1 N–H and O–H groups in total. The highest BCUT2D eigenvalue weighted by molar-refractivity contribution is 7.80. The molecule has 0 radical (unpaired) electrons. The number of benzene rings is 1. The van der Waals surface area contributed by atoms with Crippen LogP contribution in [0.5, 0.6) is 5.75 Å². The van der Waals surface area contributed by atoms with E-state index in [4.69, 9.17) is 21.7 Å². The minimum absolute atomic E-state index is 0.0108. The highest BCUT2D eigenvalue weighted by atomic mass is 32.1. The minimum atomic E-state index is -0.559. The molecule has 1 saturated heterocycles. The summed E-state index contributed by atoms with van der Waals surface area (Å²) in [5, 5.41) is 4.26. The molecular weight excluding hydrogens is 374 g/mol. The van der Waals surface area contributed by atoms with Crippen LogP contribution in [0.25, 0.3) is 0 Å². The lowest BCUT2D eigenvalue weighted by molar-refractivity contribution is -0.142. The van der Waals surface area contributed by atoms with Gasteiger partial charge in [0.15, 0.2) is 11.2 Å². The number of fused-ring (bicyclic) bond motifs is 1. The topological polar surface area (TPSA) is 54.0 Å². The molecule has 28 heavy (non-hydrogen) atoms. The summed E-state index contributed by atoms with van der Waals surface area (Å²) in [4.78, 5) is 16.9. The number of carbonyl (C=O) groups excluding carboxylic acids is 1. The van der Waals surface area contributed by atoms with Crippen molar-refractivity contribution in [3.63, 3.8) is 0 Å². The Morgan fingerprint density at radius 2 is 1.93 bits per heavy atom. The molecule has 3 aliphatic rings. The maximum absolute atomic E-state index is 13.0. The number of amides is 1. The van der Waals surface area contributed by atoms with E-state index in [1.807, 2.05) is 34.1 Å². The first-order chi connectivity index (χ1) is 13.6. The molecule has 2 heterocycles. The van der Waals surface area contributed by atoms with Gasteiger partial charge in [0.2, 0.25) is 0 Å². The summed E-state index contributed by atoms with van der Waals surface area (Å²) in [5.74, 6) is 1.33. The van der Waals surface area contributed by atoms with Crippen molar-refractivity contribution >= 4 is 28.9 Å². The summed E-state index contributed by atoms with van der Waals surface area (Å²) >= 11 is 5.79. The van der Waals surface area contributed by atoms with Gasteiger partial charge in [0, 0.05) is 19.1 Å². The van der Waals surface area contributed by atoms with E-state index < -0.39 is 6.10 Å². The van der Waals surface area contributed by atoms with Crippen molar-refractivity contribution in [1.29, 1.82) is 0 Å². The van der Waals surface area contributed by atoms with Gasteiger partial charge in [-0.15, -0.1) is 0 Å². The first-order valence-electron chi connectivity index (χ1n) is 10.3. The lowest BCUT2D eigenvalue weighted by Crippen LogP contribution is -2.56. The summed E-state index contributed by atoms with van der Waals surface area (Å²) in [5.41, 5.74) is 0.925. The van der Waals surface area contributed by atoms with Gasteiger partial charge in [-0.3, -0.25) is 4.79 Å². The molecule has 7 heteroatoms. The van der Waals surface area contributed by atoms with Crippen LogP contribution in [0.4, 0.5) is 5.69 Å². The monoisotopic (exact) mass is 403 g/mol. The summed E-state index contributed by atoms with van der Waals surface area (Å²) in [6.07, 6.45) is 4.35. The molecular formula is C21H29N3O3S. The van der Waals surface area contributed by atoms with Crippen molar-refractivity contribution in [2.24, 2.45) is 5.92 Å². The van der Waals surface area contributed by atoms with Crippen LogP contribution in [0.2, 0.25) is 0 Å². The van der Waals surface area contributed by atoms with Crippen LogP contribution >= 0.6 is 12.2 Å². The van der Waals surface area contributed by atoms with Crippen molar-refractivity contribution in [2.45, 2.75) is 44.8 Å². The van der Waals surface area contributed by atoms with Crippen molar-refractivity contribution in [1.82, 2.24) is 10.2 Å². The van der Waals surface area contributed by atoms with Crippen molar-refractivity contribution < 1.29 is 14.3 Å². The minimum Gasteiger partial charge on any atom is -0.476 e. The van der Waals surface area contributed by atoms with Gasteiger partial charge in [0.25, 0.3) is 5.91 Å². The second-order valence-electron chi connectivity index (χ2n) is 7.94. The zero-order chi connectivity index (χ0) is 19.5. The number of carbonyl (C=O) groups is 1. The van der Waals surface area contributed by atoms with Crippen molar-refractivity contribution in [3.05, 3.63) is 24.3 Å². The molecule has 3 atom stereocenters. The highest BCUT2D eigenvalue weighted by Gasteiger charge is 2.36. The van der Waals surface area contributed by atoms with Crippen LogP contribution in [0.3, 0.4) is 0 Å². The summed E-state index contributed by atoms with van der Waals surface area (Å²) in [7, 11) is 0. The van der Waals surface area contributed by atoms with Gasteiger partial charge in [-0.2, -0.15) is 0 Å². The molecule has 1 saturated carbocycles. The fourth-order valence-electron chi connectivity index (χ4n) is 4.31. The Balaban J connectivity index is 1.51. The van der Waals surface area contributed by atoms with Gasteiger partial charge in [0.05, 0.1) is 25.4 Å². The van der Waals surface area contributed by atoms with Crippen molar-refractivity contribution in [2.75, 3.05) is 37.7 Å². The first kappa shape index (κ1) is 19.5. The van der Waals surface area contributed by atoms with Gasteiger partial charge >= 0.3 is 0 Å². The van der Waals surface area contributed by atoms with Gasteiger partial charge in [0.1, 0.15) is 5.75 Å². The number of para-hydroxylation sites is 2. The number of ether oxygens (including phenoxy) is 2. The standard InChI is InChI=1S/C21H29N3O3S/c1-15-6-2-3-7-16(15)22-21(28)24-14-19(20(25)23-10-12-26-13-11-23)27-18-9-5-4-8-17(18)24/h4-5,8-9,15-16,19H,2-3,6-7,10-14H2,1H3,(H,22,28)/t15-,16+,19+/m0/s1. The lowest BCUT2D eigenvalue weighted by atomic mass is 9.86. The molecule has 0 spiro atoms. The predicted molar refractivity (Wildman–Crippen MR) is 113 cm³/mol. The predicted octanol–water partition coefficient (Wildman–Crippen LogP) is 2.57. The first-order valence-corrected chi connectivity index (χ1v) is 10.7.